The van der Waals surface area contributed by atoms with E-state index in [4.69, 9.17) is 9.73 Å². The molecule has 1 aliphatic heterocycles. The third-order valence-corrected chi connectivity index (χ3v) is 5.03. The van der Waals surface area contributed by atoms with E-state index in [1.165, 1.54) is 5.69 Å². The van der Waals surface area contributed by atoms with Gasteiger partial charge in [-0.3, -0.25) is 0 Å². The third-order valence-electron chi connectivity index (χ3n) is 5.03. The monoisotopic (exact) mass is 524 g/mol. The Morgan fingerprint density at radius 1 is 1.13 bits per heavy atom. The zero-order valence-corrected chi connectivity index (χ0v) is 20.7. The molecule has 2 heterocycles. The van der Waals surface area contributed by atoms with Crippen molar-refractivity contribution in [3.05, 3.63) is 48.2 Å². The number of hydrogen-bond donors (Lipinski definition) is 1. The quantitative estimate of drug-likeness (QED) is 0.356. The number of pyridine rings is 1. The number of aromatic nitrogens is 1. The molecule has 3 rings (SSSR count). The summed E-state index contributed by atoms with van der Waals surface area (Å²) in [5, 5.41) is 3.44. The van der Waals surface area contributed by atoms with Crippen molar-refractivity contribution in [3.8, 4) is 5.75 Å². The van der Waals surface area contributed by atoms with Crippen LogP contribution in [-0.2, 0) is 6.54 Å². The van der Waals surface area contributed by atoms with E-state index in [-0.39, 0.29) is 24.0 Å². The lowest BCUT2D eigenvalue weighted by molar-refractivity contribution is 0.372. The second-order valence-electron chi connectivity index (χ2n) is 7.26. The number of ether oxygens (including phenoxy) is 1. The van der Waals surface area contributed by atoms with Crippen LogP contribution in [0.3, 0.4) is 0 Å². The summed E-state index contributed by atoms with van der Waals surface area (Å²) in [6, 6.07) is 12.4. The summed E-state index contributed by atoms with van der Waals surface area (Å²) in [4.78, 5) is 16.0. The van der Waals surface area contributed by atoms with Gasteiger partial charge in [-0.25, -0.2) is 9.98 Å². The molecule has 1 aromatic carbocycles. The molecule has 1 aromatic heterocycles. The number of piperazine rings is 1. The van der Waals surface area contributed by atoms with E-state index in [9.17, 15) is 0 Å². The van der Waals surface area contributed by atoms with Crippen molar-refractivity contribution in [1.29, 1.82) is 0 Å². The number of hydrogen-bond acceptors (Lipinski definition) is 5. The molecule has 0 saturated carbocycles. The maximum atomic E-state index is 5.26. The summed E-state index contributed by atoms with van der Waals surface area (Å²) in [7, 11) is 5.70. The van der Waals surface area contributed by atoms with Gasteiger partial charge in [-0.05, 0) is 48.9 Å². The highest BCUT2D eigenvalue weighted by atomic mass is 127. The van der Waals surface area contributed by atoms with Crippen LogP contribution in [0.1, 0.15) is 12.5 Å². The van der Waals surface area contributed by atoms with Gasteiger partial charge in [-0.15, -0.1) is 24.0 Å². The maximum Gasteiger partial charge on any atom is 0.194 e. The number of rotatable bonds is 6. The molecule has 0 atom stereocenters. The Morgan fingerprint density at radius 3 is 2.43 bits per heavy atom. The Balaban J connectivity index is 0.00000320. The minimum atomic E-state index is 0. The van der Waals surface area contributed by atoms with E-state index in [0.29, 0.717) is 6.54 Å². The molecule has 0 bridgehead atoms. The fourth-order valence-corrected chi connectivity index (χ4v) is 3.36. The summed E-state index contributed by atoms with van der Waals surface area (Å²) >= 11 is 0. The number of nitrogens with one attached hydrogen (secondary N) is 1. The lowest BCUT2D eigenvalue weighted by atomic mass is 10.2. The van der Waals surface area contributed by atoms with E-state index in [2.05, 4.69) is 45.2 Å². The number of halogens is 1. The molecule has 2 aromatic rings. The molecule has 1 saturated heterocycles. The van der Waals surface area contributed by atoms with Crippen LogP contribution < -0.4 is 19.9 Å². The van der Waals surface area contributed by atoms with Crippen molar-refractivity contribution in [3.63, 3.8) is 0 Å². The van der Waals surface area contributed by atoms with Crippen molar-refractivity contribution in [2.45, 2.75) is 13.5 Å². The zero-order valence-electron chi connectivity index (χ0n) is 18.3. The largest absolute Gasteiger partial charge is 0.497 e. The second-order valence-corrected chi connectivity index (χ2v) is 7.26. The molecule has 7 nitrogen and oxygen atoms in total. The molecule has 0 unspecified atom stereocenters. The smallest absolute Gasteiger partial charge is 0.194 e. The van der Waals surface area contributed by atoms with E-state index >= 15 is 0 Å². The maximum absolute atomic E-state index is 5.26. The van der Waals surface area contributed by atoms with E-state index in [1.54, 1.807) is 7.11 Å². The van der Waals surface area contributed by atoms with Crippen LogP contribution in [0.25, 0.3) is 0 Å². The number of nitrogens with zero attached hydrogens (tertiary/aromatic N) is 5. The van der Waals surface area contributed by atoms with Crippen molar-refractivity contribution in [1.82, 2.24) is 15.2 Å². The number of anilines is 2. The topological polar surface area (TPSA) is 56.2 Å². The molecule has 164 valence electrons. The number of guanidine groups is 1. The van der Waals surface area contributed by atoms with Crippen molar-refractivity contribution in [2.75, 3.05) is 63.7 Å². The summed E-state index contributed by atoms with van der Waals surface area (Å²) < 4.78 is 5.26. The molecular weight excluding hydrogens is 491 g/mol. The summed E-state index contributed by atoms with van der Waals surface area (Å²) in [6.07, 6.45) is 1.85. The normalized spacial score (nSPS) is 14.2. The van der Waals surface area contributed by atoms with Gasteiger partial charge < -0.3 is 24.8 Å². The van der Waals surface area contributed by atoms with Gasteiger partial charge in [0.25, 0.3) is 0 Å². The van der Waals surface area contributed by atoms with Gasteiger partial charge in [0.1, 0.15) is 11.6 Å². The van der Waals surface area contributed by atoms with Crippen LogP contribution in [-0.4, -0.2) is 69.8 Å². The molecule has 1 fully saturated rings. The van der Waals surface area contributed by atoms with Crippen molar-refractivity contribution < 1.29 is 4.74 Å². The zero-order chi connectivity index (χ0) is 20.6. The van der Waals surface area contributed by atoms with Crippen LogP contribution in [0.2, 0.25) is 0 Å². The van der Waals surface area contributed by atoms with E-state index in [0.717, 1.165) is 55.8 Å². The molecule has 0 spiro atoms. The molecule has 8 heteroatoms. The second kappa shape index (κ2) is 11.8. The first kappa shape index (κ1) is 24.0. The summed E-state index contributed by atoms with van der Waals surface area (Å²) in [6.45, 7) is 7.43. The Labute approximate surface area is 197 Å². The molecule has 0 radical (unpaired) electrons. The van der Waals surface area contributed by atoms with Gasteiger partial charge in [0, 0.05) is 58.7 Å². The minimum absolute atomic E-state index is 0. The van der Waals surface area contributed by atoms with Gasteiger partial charge in [0.05, 0.1) is 13.7 Å². The van der Waals surface area contributed by atoms with Crippen molar-refractivity contribution >= 4 is 41.4 Å². The van der Waals surface area contributed by atoms with Gasteiger partial charge in [-0.2, -0.15) is 0 Å². The first-order valence-electron chi connectivity index (χ1n) is 10.1. The molecule has 1 aliphatic rings. The number of benzene rings is 1. The lowest BCUT2D eigenvalue weighted by Crippen LogP contribution is -2.52. The molecule has 0 amide bonds. The molecule has 30 heavy (non-hydrogen) atoms. The van der Waals surface area contributed by atoms with Crippen LogP contribution in [0.5, 0.6) is 5.75 Å². The summed E-state index contributed by atoms with van der Waals surface area (Å²) in [5.74, 6) is 2.82. The Hall–Kier alpha value is -2.23. The van der Waals surface area contributed by atoms with Crippen LogP contribution >= 0.6 is 24.0 Å². The highest BCUT2D eigenvalue weighted by Gasteiger charge is 2.20. The van der Waals surface area contributed by atoms with Crippen LogP contribution in [0.4, 0.5) is 11.5 Å². The summed E-state index contributed by atoms with van der Waals surface area (Å²) in [5.41, 5.74) is 2.40. The minimum Gasteiger partial charge on any atom is -0.497 e. The van der Waals surface area contributed by atoms with Crippen molar-refractivity contribution in [2.24, 2.45) is 4.99 Å². The fourth-order valence-electron chi connectivity index (χ4n) is 3.36. The highest BCUT2D eigenvalue weighted by Crippen LogP contribution is 2.20. The number of methoxy groups -OCH3 is 1. The van der Waals surface area contributed by atoms with Gasteiger partial charge in [-0.1, -0.05) is 0 Å². The van der Waals surface area contributed by atoms with Gasteiger partial charge >= 0.3 is 0 Å². The molecule has 1 N–H and O–H groups in total. The number of aliphatic imine (C=N–C) groups is 1. The van der Waals surface area contributed by atoms with E-state index < -0.39 is 0 Å². The third kappa shape index (κ3) is 6.38. The first-order valence-corrected chi connectivity index (χ1v) is 10.1. The van der Waals surface area contributed by atoms with E-state index in [1.807, 2.05) is 43.4 Å². The Bertz CT molecular complexity index is 804. The predicted molar refractivity (Wildman–Crippen MR) is 136 cm³/mol. The predicted octanol–water partition coefficient (Wildman–Crippen LogP) is 3.06. The Morgan fingerprint density at radius 2 is 1.83 bits per heavy atom. The SMILES string of the molecule is CCNC(=NCc1ccnc(N(C)C)c1)N1CCN(c2ccc(OC)cc2)CC1.I. The molecule has 0 aliphatic carbocycles. The standard InChI is InChI=1S/C22H32N6O.HI/c1-5-23-22(25-17-18-10-11-24-21(16-18)26(2)3)28-14-12-27(13-15-28)19-6-8-20(29-4)9-7-19;/h6-11,16H,5,12-15,17H2,1-4H3,(H,23,25);1H. The van der Waals surface area contributed by atoms with Gasteiger partial charge in [0.15, 0.2) is 5.96 Å². The van der Waals surface area contributed by atoms with Gasteiger partial charge in [0.2, 0.25) is 0 Å². The fraction of sp³-hybridized carbons (Fsp3) is 0.455. The molecular formula is C22H33IN6O. The highest BCUT2D eigenvalue weighted by molar-refractivity contribution is 14.0. The Kier molecular flexibility index (Phi) is 9.48. The van der Waals surface area contributed by atoms with Crippen LogP contribution in [0, 0.1) is 0 Å². The lowest BCUT2D eigenvalue weighted by Gasteiger charge is -2.37. The van der Waals surface area contributed by atoms with Crippen LogP contribution in [0.15, 0.2) is 47.6 Å². The average Bonchev–Trinajstić information content (AvgIpc) is 2.77. The average molecular weight is 524 g/mol. The first-order chi connectivity index (χ1) is 14.1.